The Labute approximate surface area is 292 Å². The number of anilines is 4. The molecule has 5 aromatic rings. The number of aryl methyl sites for hydroxylation is 1. The van der Waals surface area contributed by atoms with Crippen LogP contribution in [0.3, 0.4) is 0 Å². The van der Waals surface area contributed by atoms with E-state index in [-0.39, 0.29) is 18.1 Å². The average molecular weight is 698 g/mol. The zero-order chi connectivity index (χ0) is 33.7. The number of esters is 1. The SMILES string of the molecule is COC(=O)c1nc(N2CCCc3c2nnc(Nc2nc4ccccc4s2)c3C)sc1CCCOc1ccc(C#CCN2CCCC2)cc1F. The lowest BCUT2D eigenvalue weighted by molar-refractivity contribution is 0.0593. The van der Waals surface area contributed by atoms with E-state index in [1.807, 2.05) is 36.1 Å². The Balaban J connectivity index is 1.02. The van der Waals surface area contributed by atoms with Crippen molar-refractivity contribution >= 4 is 60.8 Å². The van der Waals surface area contributed by atoms with Gasteiger partial charge in [0.1, 0.15) is 0 Å². The Morgan fingerprint density at radius 2 is 1.92 bits per heavy atom. The van der Waals surface area contributed by atoms with Gasteiger partial charge in [0, 0.05) is 28.1 Å². The third kappa shape index (κ3) is 7.36. The second kappa shape index (κ2) is 14.9. The van der Waals surface area contributed by atoms with Crippen LogP contribution in [0, 0.1) is 24.6 Å². The van der Waals surface area contributed by atoms with E-state index in [1.54, 1.807) is 23.5 Å². The topological polar surface area (TPSA) is 106 Å². The van der Waals surface area contributed by atoms with Crippen molar-refractivity contribution in [1.29, 1.82) is 0 Å². The fraction of sp³-hybridized carbons (Fsp3) is 0.361. The van der Waals surface area contributed by atoms with Gasteiger partial charge in [-0.2, -0.15) is 0 Å². The first-order chi connectivity index (χ1) is 24.0. The number of fused-ring (bicyclic) bond motifs is 2. The number of thiazole rings is 2. The van der Waals surface area contributed by atoms with E-state index in [4.69, 9.17) is 14.5 Å². The number of benzene rings is 2. The van der Waals surface area contributed by atoms with Gasteiger partial charge in [0.25, 0.3) is 0 Å². The van der Waals surface area contributed by atoms with Crippen LogP contribution in [-0.4, -0.2) is 70.9 Å². The van der Waals surface area contributed by atoms with Crippen molar-refractivity contribution < 1.29 is 18.7 Å². The quantitative estimate of drug-likeness (QED) is 0.0926. The highest BCUT2D eigenvalue weighted by atomic mass is 32.1. The van der Waals surface area contributed by atoms with Crippen molar-refractivity contribution in [3.63, 3.8) is 0 Å². The van der Waals surface area contributed by atoms with E-state index >= 15 is 0 Å². The van der Waals surface area contributed by atoms with Gasteiger partial charge < -0.3 is 19.7 Å². The van der Waals surface area contributed by atoms with Crippen LogP contribution in [-0.2, 0) is 17.6 Å². The Kier molecular flexibility index (Phi) is 9.97. The summed E-state index contributed by atoms with van der Waals surface area (Å²) in [6.07, 6.45) is 5.24. The Hall–Kier alpha value is -4.64. The molecule has 13 heteroatoms. The third-order valence-electron chi connectivity index (χ3n) is 8.67. The summed E-state index contributed by atoms with van der Waals surface area (Å²) in [5.74, 6) is 6.84. The molecule has 5 heterocycles. The molecule has 2 aliphatic heterocycles. The number of carbonyl (C=O) groups excluding carboxylic acids is 1. The van der Waals surface area contributed by atoms with Gasteiger partial charge >= 0.3 is 5.97 Å². The molecule has 0 spiro atoms. The van der Waals surface area contributed by atoms with Gasteiger partial charge in [-0.15, -0.1) is 21.5 Å². The minimum absolute atomic E-state index is 0.180. The van der Waals surface area contributed by atoms with Crippen LogP contribution >= 0.6 is 22.7 Å². The molecule has 0 bridgehead atoms. The minimum Gasteiger partial charge on any atom is -0.491 e. The summed E-state index contributed by atoms with van der Waals surface area (Å²) in [4.78, 5) is 27.3. The number of aromatic nitrogens is 4. The van der Waals surface area contributed by atoms with Crippen LogP contribution in [0.25, 0.3) is 10.2 Å². The maximum Gasteiger partial charge on any atom is 0.357 e. The average Bonchev–Trinajstić information content (AvgIpc) is 3.88. The Morgan fingerprint density at radius 3 is 2.73 bits per heavy atom. The lowest BCUT2D eigenvalue weighted by atomic mass is 10.0. The number of para-hydroxylation sites is 1. The standard InChI is InChI=1S/C36H36FN7O3S2/c1-23-25-11-8-20-44(33(25)42-41-32(23)40-35-38-27-12-3-4-13-29(27)48-35)36-39-31(34(45)46-2)30(49-36)14-9-21-47-28-16-15-24(22-26(28)37)10-7-19-43-17-5-6-18-43/h3-4,12-13,15-16,22H,5-6,8-9,11,14,17-21H2,1-2H3,(H,38,40,41). The molecule has 10 nitrogen and oxygen atoms in total. The zero-order valence-corrected chi connectivity index (χ0v) is 29.1. The molecule has 1 N–H and O–H groups in total. The van der Waals surface area contributed by atoms with Crippen molar-refractivity contribution in [2.24, 2.45) is 0 Å². The number of likely N-dealkylation sites (tertiary alicyclic amines) is 1. The Bertz CT molecular complexity index is 2010. The summed E-state index contributed by atoms with van der Waals surface area (Å²) in [7, 11) is 1.35. The van der Waals surface area contributed by atoms with E-state index < -0.39 is 11.8 Å². The number of methoxy groups -OCH3 is 1. The molecule has 1 saturated heterocycles. The summed E-state index contributed by atoms with van der Waals surface area (Å²) in [6, 6.07) is 12.8. The molecular formula is C36H36FN7O3S2. The highest BCUT2D eigenvalue weighted by Gasteiger charge is 2.29. The number of ether oxygens (including phenoxy) is 2. The number of halogens is 1. The van der Waals surface area contributed by atoms with Crippen LogP contribution in [0.15, 0.2) is 42.5 Å². The molecular weight excluding hydrogens is 662 g/mol. The predicted molar refractivity (Wildman–Crippen MR) is 191 cm³/mol. The zero-order valence-electron chi connectivity index (χ0n) is 27.4. The van der Waals surface area contributed by atoms with Crippen LogP contribution in [0.1, 0.15) is 57.7 Å². The number of nitrogens with zero attached hydrogens (tertiary/aromatic N) is 6. The summed E-state index contributed by atoms with van der Waals surface area (Å²) >= 11 is 3.00. The summed E-state index contributed by atoms with van der Waals surface area (Å²) in [5.41, 5.74) is 3.93. The van der Waals surface area contributed by atoms with Gasteiger partial charge in [-0.05, 0) is 88.9 Å². The van der Waals surface area contributed by atoms with E-state index in [1.165, 1.54) is 37.4 Å². The molecule has 252 valence electrons. The Morgan fingerprint density at radius 1 is 1.06 bits per heavy atom. The molecule has 2 aromatic carbocycles. The number of hydrogen-bond donors (Lipinski definition) is 1. The van der Waals surface area contributed by atoms with Crippen molar-refractivity contribution in [3.05, 3.63) is 75.5 Å². The number of rotatable bonds is 10. The second-order valence-corrected chi connectivity index (χ2v) is 14.1. The smallest absolute Gasteiger partial charge is 0.357 e. The van der Waals surface area contributed by atoms with Crippen LogP contribution in [0.4, 0.5) is 26.3 Å². The van der Waals surface area contributed by atoms with Crippen molar-refractivity contribution in [1.82, 2.24) is 25.1 Å². The molecule has 7 rings (SSSR count). The van der Waals surface area contributed by atoms with Gasteiger partial charge in [0.05, 0.1) is 30.5 Å². The lowest BCUT2D eigenvalue weighted by Crippen LogP contribution is -2.27. The van der Waals surface area contributed by atoms with Crippen molar-refractivity contribution in [2.45, 2.75) is 45.4 Å². The van der Waals surface area contributed by atoms with E-state index in [9.17, 15) is 9.18 Å². The minimum atomic E-state index is -0.499. The summed E-state index contributed by atoms with van der Waals surface area (Å²) in [5, 5.41) is 13.9. The van der Waals surface area contributed by atoms with Gasteiger partial charge in [0.15, 0.2) is 39.2 Å². The maximum absolute atomic E-state index is 14.8. The first kappa shape index (κ1) is 32.9. The van der Waals surface area contributed by atoms with E-state index in [0.29, 0.717) is 42.4 Å². The normalized spacial score (nSPS) is 14.4. The molecule has 0 aliphatic carbocycles. The summed E-state index contributed by atoms with van der Waals surface area (Å²) in [6.45, 7) is 5.86. The molecule has 49 heavy (non-hydrogen) atoms. The largest absolute Gasteiger partial charge is 0.491 e. The van der Waals surface area contributed by atoms with E-state index in [0.717, 1.165) is 63.1 Å². The first-order valence-electron chi connectivity index (χ1n) is 16.4. The van der Waals surface area contributed by atoms with Gasteiger partial charge in [-0.3, -0.25) is 4.90 Å². The molecule has 0 amide bonds. The van der Waals surface area contributed by atoms with Crippen LogP contribution in [0.2, 0.25) is 0 Å². The van der Waals surface area contributed by atoms with Gasteiger partial charge in [0.2, 0.25) is 0 Å². The molecule has 3 aromatic heterocycles. The number of nitrogens with one attached hydrogen (secondary N) is 1. The highest BCUT2D eigenvalue weighted by molar-refractivity contribution is 7.22. The lowest BCUT2D eigenvalue weighted by Gasteiger charge is -2.28. The van der Waals surface area contributed by atoms with Gasteiger partial charge in [-0.1, -0.05) is 35.3 Å². The molecule has 0 radical (unpaired) electrons. The fourth-order valence-corrected chi connectivity index (χ4v) is 8.08. The molecule has 0 atom stereocenters. The molecule has 0 unspecified atom stereocenters. The monoisotopic (exact) mass is 697 g/mol. The third-order valence-corrected chi connectivity index (χ3v) is 10.8. The van der Waals surface area contributed by atoms with Crippen molar-refractivity contribution in [3.8, 4) is 17.6 Å². The van der Waals surface area contributed by atoms with Gasteiger partial charge in [-0.25, -0.2) is 19.2 Å². The highest BCUT2D eigenvalue weighted by Crippen LogP contribution is 2.39. The molecule has 0 saturated carbocycles. The number of carbonyl (C=O) groups is 1. The molecule has 2 aliphatic rings. The predicted octanol–water partition coefficient (Wildman–Crippen LogP) is 7.06. The fourth-order valence-electron chi connectivity index (χ4n) is 6.10. The van der Waals surface area contributed by atoms with Crippen LogP contribution < -0.4 is 15.0 Å². The van der Waals surface area contributed by atoms with Crippen molar-refractivity contribution in [2.75, 3.05) is 50.1 Å². The first-order valence-corrected chi connectivity index (χ1v) is 18.1. The van der Waals surface area contributed by atoms with E-state index in [2.05, 4.69) is 37.2 Å². The molecule has 1 fully saturated rings. The number of hydrogen-bond acceptors (Lipinski definition) is 12. The maximum atomic E-state index is 14.8. The summed E-state index contributed by atoms with van der Waals surface area (Å²) < 4.78 is 26.7. The second-order valence-electron chi connectivity index (χ2n) is 12.0. The van der Waals surface area contributed by atoms with Crippen LogP contribution in [0.5, 0.6) is 5.75 Å².